The molecule has 2 aromatic rings. The molecule has 1 atom stereocenters. The highest BCUT2D eigenvalue weighted by atomic mass is 16.5. The highest BCUT2D eigenvalue weighted by Gasteiger charge is 2.13. The Balaban J connectivity index is 1.91. The van der Waals surface area contributed by atoms with Gasteiger partial charge in [-0.15, -0.1) is 0 Å². The summed E-state index contributed by atoms with van der Waals surface area (Å²) >= 11 is 0. The van der Waals surface area contributed by atoms with E-state index in [1.807, 2.05) is 30.3 Å². The van der Waals surface area contributed by atoms with Gasteiger partial charge in [-0.3, -0.25) is 4.90 Å². The summed E-state index contributed by atoms with van der Waals surface area (Å²) in [5.41, 5.74) is 3.91. The van der Waals surface area contributed by atoms with Gasteiger partial charge in [0.2, 0.25) is 0 Å². The lowest BCUT2D eigenvalue weighted by atomic mass is 10.0. The van der Waals surface area contributed by atoms with Crippen LogP contribution in [0.15, 0.2) is 48.5 Å². The van der Waals surface area contributed by atoms with Crippen LogP contribution in [0.25, 0.3) is 0 Å². The first-order chi connectivity index (χ1) is 11.6. The average Bonchev–Trinajstić information content (AvgIpc) is 2.57. The van der Waals surface area contributed by atoms with Crippen LogP contribution in [-0.4, -0.2) is 35.8 Å². The molecule has 130 valence electrons. The lowest BCUT2D eigenvalue weighted by Gasteiger charge is -2.25. The minimum absolute atomic E-state index is 0.316. The molecule has 0 aliphatic heterocycles. The van der Waals surface area contributed by atoms with Crippen molar-refractivity contribution in [1.82, 2.24) is 4.90 Å². The standard InChI is InChI=1S/C21H29NO2/c1-4-12-22(14-19-13-17(2)10-11-18(19)3)15-20(23)16-24-21-8-6-5-7-9-21/h5-11,13,20,23H,4,12,14-16H2,1-3H3/t20-/m0/s1. The van der Waals surface area contributed by atoms with E-state index in [9.17, 15) is 5.11 Å². The third-order valence-corrected chi connectivity index (χ3v) is 4.09. The van der Waals surface area contributed by atoms with Gasteiger partial charge in [-0.1, -0.05) is 48.9 Å². The van der Waals surface area contributed by atoms with Gasteiger partial charge in [-0.25, -0.2) is 0 Å². The Labute approximate surface area is 145 Å². The van der Waals surface area contributed by atoms with E-state index in [1.165, 1.54) is 16.7 Å². The van der Waals surface area contributed by atoms with Gasteiger partial charge in [-0.05, 0) is 50.1 Å². The summed E-state index contributed by atoms with van der Waals surface area (Å²) in [4.78, 5) is 2.31. The minimum atomic E-state index is -0.498. The van der Waals surface area contributed by atoms with Crippen LogP contribution < -0.4 is 4.74 Å². The van der Waals surface area contributed by atoms with Crippen LogP contribution >= 0.6 is 0 Å². The monoisotopic (exact) mass is 327 g/mol. The molecule has 3 nitrogen and oxygen atoms in total. The fourth-order valence-corrected chi connectivity index (χ4v) is 2.82. The lowest BCUT2D eigenvalue weighted by molar-refractivity contribution is 0.0655. The van der Waals surface area contributed by atoms with Gasteiger partial charge in [0.05, 0.1) is 0 Å². The van der Waals surface area contributed by atoms with E-state index < -0.39 is 6.10 Å². The third-order valence-electron chi connectivity index (χ3n) is 4.09. The predicted octanol–water partition coefficient (Wildman–Crippen LogP) is 3.96. The van der Waals surface area contributed by atoms with Crippen LogP contribution in [0, 0.1) is 13.8 Å². The second-order valence-corrected chi connectivity index (χ2v) is 6.44. The fourth-order valence-electron chi connectivity index (χ4n) is 2.82. The highest BCUT2D eigenvalue weighted by Crippen LogP contribution is 2.14. The molecule has 0 radical (unpaired) electrons. The zero-order chi connectivity index (χ0) is 17.4. The Morgan fingerprint density at radius 2 is 1.83 bits per heavy atom. The summed E-state index contributed by atoms with van der Waals surface area (Å²) in [7, 11) is 0. The molecule has 0 aromatic heterocycles. The Morgan fingerprint density at radius 3 is 2.54 bits per heavy atom. The summed E-state index contributed by atoms with van der Waals surface area (Å²) < 4.78 is 5.66. The lowest BCUT2D eigenvalue weighted by Crippen LogP contribution is -2.36. The molecule has 0 unspecified atom stereocenters. The first-order valence-corrected chi connectivity index (χ1v) is 8.73. The van der Waals surface area contributed by atoms with Crippen molar-refractivity contribution in [2.45, 2.75) is 39.8 Å². The molecule has 3 heteroatoms. The molecule has 0 bridgehead atoms. The summed E-state index contributed by atoms with van der Waals surface area (Å²) in [5, 5.41) is 10.3. The Bertz CT molecular complexity index is 612. The van der Waals surface area contributed by atoms with Crippen molar-refractivity contribution in [1.29, 1.82) is 0 Å². The normalized spacial score (nSPS) is 12.4. The van der Waals surface area contributed by atoms with Gasteiger partial charge >= 0.3 is 0 Å². The molecule has 0 saturated heterocycles. The van der Waals surface area contributed by atoms with Crippen molar-refractivity contribution in [2.24, 2.45) is 0 Å². The van der Waals surface area contributed by atoms with E-state index in [2.05, 4.69) is 43.9 Å². The van der Waals surface area contributed by atoms with Crippen molar-refractivity contribution in [2.75, 3.05) is 19.7 Å². The summed E-state index contributed by atoms with van der Waals surface area (Å²) in [6, 6.07) is 16.2. The average molecular weight is 327 g/mol. The molecule has 24 heavy (non-hydrogen) atoms. The maximum atomic E-state index is 10.3. The fraction of sp³-hybridized carbons (Fsp3) is 0.429. The predicted molar refractivity (Wildman–Crippen MR) is 99.4 cm³/mol. The first-order valence-electron chi connectivity index (χ1n) is 8.73. The number of para-hydroxylation sites is 1. The van der Waals surface area contributed by atoms with E-state index in [0.29, 0.717) is 13.2 Å². The second-order valence-electron chi connectivity index (χ2n) is 6.44. The molecule has 0 heterocycles. The van der Waals surface area contributed by atoms with Crippen LogP contribution in [-0.2, 0) is 6.54 Å². The number of nitrogens with zero attached hydrogens (tertiary/aromatic N) is 1. The molecule has 0 spiro atoms. The third kappa shape index (κ3) is 5.99. The summed E-state index contributed by atoms with van der Waals surface area (Å²) in [6.45, 7) is 9.21. The van der Waals surface area contributed by atoms with Crippen molar-refractivity contribution in [3.05, 3.63) is 65.2 Å². The number of aliphatic hydroxyl groups excluding tert-OH is 1. The van der Waals surface area contributed by atoms with Crippen molar-refractivity contribution in [3.63, 3.8) is 0 Å². The van der Waals surface area contributed by atoms with Gasteiger partial charge in [-0.2, -0.15) is 0 Å². The molecule has 0 saturated carbocycles. The van der Waals surface area contributed by atoms with Gasteiger partial charge in [0, 0.05) is 13.1 Å². The topological polar surface area (TPSA) is 32.7 Å². The molecule has 0 aliphatic carbocycles. The number of rotatable bonds is 9. The van der Waals surface area contributed by atoms with Gasteiger partial charge in [0.15, 0.2) is 0 Å². The SMILES string of the molecule is CCCN(Cc1cc(C)ccc1C)C[C@H](O)COc1ccccc1. The van der Waals surface area contributed by atoms with Gasteiger partial charge in [0.1, 0.15) is 18.5 Å². The Morgan fingerprint density at radius 1 is 1.08 bits per heavy atom. The van der Waals surface area contributed by atoms with E-state index in [4.69, 9.17) is 4.74 Å². The summed E-state index contributed by atoms with van der Waals surface area (Å²) in [5.74, 6) is 0.799. The number of hydrogen-bond acceptors (Lipinski definition) is 3. The molecular formula is C21H29NO2. The highest BCUT2D eigenvalue weighted by molar-refractivity contribution is 5.30. The largest absolute Gasteiger partial charge is 0.491 e. The molecule has 0 fully saturated rings. The van der Waals surface area contributed by atoms with Crippen molar-refractivity contribution in [3.8, 4) is 5.75 Å². The molecule has 0 amide bonds. The first kappa shape index (κ1) is 18.5. The molecule has 2 rings (SSSR count). The van der Waals surface area contributed by atoms with Gasteiger partial charge in [0.25, 0.3) is 0 Å². The number of aryl methyl sites for hydroxylation is 2. The van der Waals surface area contributed by atoms with E-state index in [1.54, 1.807) is 0 Å². The van der Waals surface area contributed by atoms with Crippen LogP contribution in [0.4, 0.5) is 0 Å². The van der Waals surface area contributed by atoms with Crippen molar-refractivity contribution >= 4 is 0 Å². The summed E-state index contributed by atoms with van der Waals surface area (Å²) in [6.07, 6.45) is 0.568. The van der Waals surface area contributed by atoms with E-state index in [0.717, 1.165) is 25.3 Å². The molecule has 0 aliphatic rings. The van der Waals surface area contributed by atoms with Crippen molar-refractivity contribution < 1.29 is 9.84 Å². The van der Waals surface area contributed by atoms with Crippen LogP contribution in [0.1, 0.15) is 30.0 Å². The van der Waals surface area contributed by atoms with Crippen LogP contribution in [0.3, 0.4) is 0 Å². The smallest absolute Gasteiger partial charge is 0.119 e. The molecule has 2 aromatic carbocycles. The molecule has 1 N–H and O–H groups in total. The minimum Gasteiger partial charge on any atom is -0.491 e. The van der Waals surface area contributed by atoms with Crippen LogP contribution in [0.5, 0.6) is 5.75 Å². The maximum Gasteiger partial charge on any atom is 0.119 e. The number of hydrogen-bond donors (Lipinski definition) is 1. The number of benzene rings is 2. The van der Waals surface area contributed by atoms with Crippen LogP contribution in [0.2, 0.25) is 0 Å². The number of ether oxygens (including phenoxy) is 1. The second kappa shape index (κ2) is 9.45. The van der Waals surface area contributed by atoms with E-state index in [-0.39, 0.29) is 0 Å². The number of aliphatic hydroxyl groups is 1. The molecular weight excluding hydrogens is 298 g/mol. The Hall–Kier alpha value is -1.84. The zero-order valence-electron chi connectivity index (χ0n) is 15.0. The zero-order valence-corrected chi connectivity index (χ0v) is 15.0. The quantitative estimate of drug-likeness (QED) is 0.757. The Kier molecular flexibility index (Phi) is 7.29. The van der Waals surface area contributed by atoms with Gasteiger partial charge < -0.3 is 9.84 Å². The maximum absolute atomic E-state index is 10.3. The van der Waals surface area contributed by atoms with E-state index >= 15 is 0 Å².